The first kappa shape index (κ1) is 43.8. The summed E-state index contributed by atoms with van der Waals surface area (Å²) in [6.07, 6.45) is 29.5. The van der Waals surface area contributed by atoms with Crippen LogP contribution in [-0.4, -0.2) is 49.3 Å². The Morgan fingerprint density at radius 3 is 1.60 bits per heavy atom. The van der Waals surface area contributed by atoms with E-state index in [1.165, 1.54) is 83.5 Å². The van der Waals surface area contributed by atoms with Gasteiger partial charge in [0.2, 0.25) is 0 Å². The van der Waals surface area contributed by atoms with Crippen LogP contribution in [0, 0.1) is 0 Å². The lowest BCUT2D eigenvalue weighted by Gasteiger charge is -2.19. The summed E-state index contributed by atoms with van der Waals surface area (Å²) in [7, 11) is -4.36. The van der Waals surface area contributed by atoms with E-state index < -0.39 is 26.5 Å². The maximum Gasteiger partial charge on any atom is 0.472 e. The van der Waals surface area contributed by atoms with Gasteiger partial charge in [-0.05, 0) is 38.5 Å². The summed E-state index contributed by atoms with van der Waals surface area (Å²) in [5.41, 5.74) is 5.32. The molecule has 0 saturated carbocycles. The van der Waals surface area contributed by atoms with Gasteiger partial charge in [-0.1, -0.05) is 129 Å². The van der Waals surface area contributed by atoms with Crippen molar-refractivity contribution in [1.82, 2.24) is 0 Å². The van der Waals surface area contributed by atoms with E-state index in [2.05, 4.69) is 26.0 Å². The topological polar surface area (TPSA) is 134 Å². The van der Waals surface area contributed by atoms with Crippen LogP contribution < -0.4 is 5.73 Å². The number of esters is 2. The number of nitrogens with two attached hydrogens (primary N) is 1. The predicted octanol–water partition coefficient (Wildman–Crippen LogP) is 9.49. The lowest BCUT2D eigenvalue weighted by molar-refractivity contribution is -0.161. The number of carbonyl (C=O) groups is 2. The highest BCUT2D eigenvalue weighted by molar-refractivity contribution is 7.47. The normalized spacial score (nSPS) is 13.6. The Balaban J connectivity index is 4.25. The first-order chi connectivity index (χ1) is 21.8. The number of hydrogen-bond acceptors (Lipinski definition) is 8. The van der Waals surface area contributed by atoms with Crippen LogP contribution in [0.15, 0.2) is 12.2 Å². The second-order valence-corrected chi connectivity index (χ2v) is 13.5. The number of phosphoric acid groups is 1. The Morgan fingerprint density at radius 2 is 1.09 bits per heavy atom. The van der Waals surface area contributed by atoms with E-state index in [1.54, 1.807) is 0 Å². The predicted molar refractivity (Wildman–Crippen MR) is 183 cm³/mol. The molecule has 9 nitrogen and oxygen atoms in total. The third-order valence-electron chi connectivity index (χ3n) is 7.65. The molecular formula is C35H68NO8P. The zero-order valence-corrected chi connectivity index (χ0v) is 29.8. The number of carbonyl (C=O) groups excluding carboxylic acids is 2. The number of unbranched alkanes of at least 4 members (excludes halogenated alkanes) is 19. The molecule has 0 rings (SSSR count). The van der Waals surface area contributed by atoms with Gasteiger partial charge in [0.1, 0.15) is 6.61 Å². The highest BCUT2D eigenvalue weighted by Gasteiger charge is 2.25. The molecule has 0 radical (unpaired) electrons. The zero-order valence-electron chi connectivity index (χ0n) is 28.9. The fraction of sp³-hybridized carbons (Fsp3) is 0.886. The van der Waals surface area contributed by atoms with Crippen molar-refractivity contribution < 1.29 is 37.6 Å². The van der Waals surface area contributed by atoms with Gasteiger partial charge in [-0.2, -0.15) is 0 Å². The number of phosphoric ester groups is 1. The molecule has 0 amide bonds. The summed E-state index contributed by atoms with van der Waals surface area (Å²) >= 11 is 0. The number of rotatable bonds is 34. The van der Waals surface area contributed by atoms with Crippen molar-refractivity contribution in [2.24, 2.45) is 5.73 Å². The molecule has 0 heterocycles. The lowest BCUT2D eigenvalue weighted by Crippen LogP contribution is -2.29. The molecule has 0 aromatic rings. The van der Waals surface area contributed by atoms with Crippen molar-refractivity contribution >= 4 is 19.8 Å². The third kappa shape index (κ3) is 32.5. The standard InChI is InChI=1S/C35H68NO8P/c1-3-5-7-9-11-13-15-16-18-19-21-23-25-27-34(37)41-31-33(32-43-45(39,40)42-30-29-36)44-35(38)28-26-24-22-20-17-14-12-10-8-6-4-2/h13,15,33H,3-12,14,16-32,36H2,1-2H3,(H,39,40)/b15-13-/t33-/m1/s1. The largest absolute Gasteiger partial charge is 0.472 e. The van der Waals surface area contributed by atoms with Gasteiger partial charge in [-0.3, -0.25) is 18.6 Å². The average Bonchev–Trinajstić information content (AvgIpc) is 3.02. The summed E-state index contributed by atoms with van der Waals surface area (Å²) < 4.78 is 32.6. The molecule has 3 N–H and O–H groups in total. The maximum atomic E-state index is 12.5. The summed E-state index contributed by atoms with van der Waals surface area (Å²) in [5, 5.41) is 0. The first-order valence-electron chi connectivity index (χ1n) is 18.2. The minimum absolute atomic E-state index is 0.0547. The van der Waals surface area contributed by atoms with Crippen LogP contribution in [0.3, 0.4) is 0 Å². The molecule has 1 unspecified atom stereocenters. The quantitative estimate of drug-likeness (QED) is 0.0299. The van der Waals surface area contributed by atoms with E-state index in [1.807, 2.05) is 0 Å². The minimum atomic E-state index is -4.36. The molecule has 0 aliphatic rings. The van der Waals surface area contributed by atoms with Crippen molar-refractivity contribution in [1.29, 1.82) is 0 Å². The van der Waals surface area contributed by atoms with Crippen molar-refractivity contribution in [3.05, 3.63) is 12.2 Å². The molecule has 2 atom stereocenters. The average molecular weight is 662 g/mol. The molecule has 0 aromatic carbocycles. The van der Waals surface area contributed by atoms with Gasteiger partial charge in [0.15, 0.2) is 6.10 Å². The molecule has 266 valence electrons. The van der Waals surface area contributed by atoms with Crippen LogP contribution in [0.1, 0.15) is 168 Å². The Morgan fingerprint density at radius 1 is 0.644 bits per heavy atom. The Labute approximate surface area is 275 Å². The van der Waals surface area contributed by atoms with Crippen LogP contribution in [0.25, 0.3) is 0 Å². The maximum absolute atomic E-state index is 12.5. The van der Waals surface area contributed by atoms with E-state index in [4.69, 9.17) is 24.3 Å². The van der Waals surface area contributed by atoms with Crippen LogP contribution in [0.4, 0.5) is 0 Å². The van der Waals surface area contributed by atoms with Gasteiger partial charge in [-0.25, -0.2) is 4.57 Å². The number of ether oxygens (including phenoxy) is 2. The molecule has 45 heavy (non-hydrogen) atoms. The van der Waals surface area contributed by atoms with Gasteiger partial charge < -0.3 is 20.1 Å². The number of allylic oxidation sites excluding steroid dienone is 2. The molecule has 0 aliphatic heterocycles. The minimum Gasteiger partial charge on any atom is -0.462 e. The van der Waals surface area contributed by atoms with Gasteiger partial charge in [0.25, 0.3) is 0 Å². The van der Waals surface area contributed by atoms with E-state index in [0.717, 1.165) is 51.4 Å². The highest BCUT2D eigenvalue weighted by Crippen LogP contribution is 2.43. The lowest BCUT2D eigenvalue weighted by atomic mass is 10.1. The fourth-order valence-electron chi connectivity index (χ4n) is 4.92. The first-order valence-corrected chi connectivity index (χ1v) is 19.7. The number of hydrogen-bond donors (Lipinski definition) is 2. The van der Waals surface area contributed by atoms with Crippen molar-refractivity contribution in [3.8, 4) is 0 Å². The molecule has 0 bridgehead atoms. The third-order valence-corrected chi connectivity index (χ3v) is 8.64. The van der Waals surface area contributed by atoms with Gasteiger partial charge in [0.05, 0.1) is 13.2 Å². The Kier molecular flexibility index (Phi) is 31.8. The van der Waals surface area contributed by atoms with Crippen LogP contribution in [0.2, 0.25) is 0 Å². The van der Waals surface area contributed by atoms with E-state index in [-0.39, 0.29) is 38.6 Å². The summed E-state index contributed by atoms with van der Waals surface area (Å²) in [4.78, 5) is 34.6. The summed E-state index contributed by atoms with van der Waals surface area (Å²) in [6.45, 7) is 3.69. The van der Waals surface area contributed by atoms with Crippen LogP contribution >= 0.6 is 7.82 Å². The van der Waals surface area contributed by atoms with Crippen molar-refractivity contribution in [3.63, 3.8) is 0 Å². The molecule has 0 spiro atoms. The second-order valence-electron chi connectivity index (χ2n) is 12.1. The zero-order chi connectivity index (χ0) is 33.3. The molecule has 0 fully saturated rings. The smallest absolute Gasteiger partial charge is 0.462 e. The van der Waals surface area contributed by atoms with E-state index in [9.17, 15) is 19.0 Å². The van der Waals surface area contributed by atoms with Gasteiger partial charge >= 0.3 is 19.8 Å². The van der Waals surface area contributed by atoms with E-state index >= 15 is 0 Å². The molecule has 0 saturated heterocycles. The molecule has 10 heteroatoms. The monoisotopic (exact) mass is 661 g/mol. The second kappa shape index (κ2) is 32.7. The van der Waals surface area contributed by atoms with Crippen molar-refractivity contribution in [2.45, 2.75) is 174 Å². The summed E-state index contributed by atoms with van der Waals surface area (Å²) in [5.74, 6) is -0.837. The molecule has 0 aliphatic carbocycles. The molecule has 0 aromatic heterocycles. The van der Waals surface area contributed by atoms with Crippen molar-refractivity contribution in [2.75, 3.05) is 26.4 Å². The van der Waals surface area contributed by atoms with Gasteiger partial charge in [0, 0.05) is 19.4 Å². The van der Waals surface area contributed by atoms with Crippen LogP contribution in [-0.2, 0) is 32.7 Å². The molecular weight excluding hydrogens is 593 g/mol. The Bertz CT molecular complexity index is 764. The SMILES string of the molecule is CCCCCC/C=C\CCCCCCCC(=O)OC[C@H](COP(=O)(O)OCCN)OC(=O)CCCCCCCCCCCCC. The van der Waals surface area contributed by atoms with Crippen LogP contribution in [0.5, 0.6) is 0 Å². The Hall–Kier alpha value is -1.25. The fourth-order valence-corrected chi connectivity index (χ4v) is 5.69. The van der Waals surface area contributed by atoms with E-state index in [0.29, 0.717) is 6.42 Å². The summed E-state index contributed by atoms with van der Waals surface area (Å²) in [6, 6.07) is 0. The highest BCUT2D eigenvalue weighted by atomic mass is 31.2. The van der Waals surface area contributed by atoms with Gasteiger partial charge in [-0.15, -0.1) is 0 Å².